The molecule has 3 rings (SSSR count). The summed E-state index contributed by atoms with van der Waals surface area (Å²) in [6.45, 7) is 0.979. The minimum absolute atomic E-state index is 0.0627. The summed E-state index contributed by atoms with van der Waals surface area (Å²) < 4.78 is 36.0. The fourth-order valence-corrected chi connectivity index (χ4v) is 4.75. The average Bonchev–Trinajstić information content (AvgIpc) is 3.33. The molecule has 10 heteroatoms. The van der Waals surface area contributed by atoms with E-state index in [9.17, 15) is 22.8 Å². The molecule has 0 radical (unpaired) electrons. The maximum absolute atomic E-state index is 12.6. The number of nitrogens with zero attached hydrogens (tertiary/aromatic N) is 1. The molecule has 9 nitrogen and oxygen atoms in total. The van der Waals surface area contributed by atoms with Crippen LogP contribution in [0.15, 0.2) is 47.4 Å². The molecule has 0 aliphatic carbocycles. The molecule has 2 aromatic carbocycles. The molecule has 164 valence electrons. The Labute approximate surface area is 180 Å². The minimum atomic E-state index is -3.58. The van der Waals surface area contributed by atoms with E-state index in [-0.39, 0.29) is 27.3 Å². The number of nitrogens with one attached hydrogen (secondary N) is 1. The molecule has 31 heavy (non-hydrogen) atoms. The molecule has 1 aliphatic heterocycles. The van der Waals surface area contributed by atoms with Crippen molar-refractivity contribution in [2.45, 2.75) is 17.7 Å². The number of hydrogen-bond donors (Lipinski definition) is 1. The quantitative estimate of drug-likeness (QED) is 0.676. The number of esters is 2. The van der Waals surface area contributed by atoms with Crippen LogP contribution in [0.25, 0.3) is 0 Å². The van der Waals surface area contributed by atoms with Crippen molar-refractivity contribution in [1.82, 2.24) is 4.31 Å². The number of sulfonamides is 1. The topological polar surface area (TPSA) is 119 Å². The van der Waals surface area contributed by atoms with Gasteiger partial charge in [0.1, 0.15) is 0 Å². The Balaban J connectivity index is 1.82. The van der Waals surface area contributed by atoms with Crippen molar-refractivity contribution in [3.05, 3.63) is 59.2 Å². The second-order valence-corrected chi connectivity index (χ2v) is 8.81. The molecular weight excluding hydrogens is 424 g/mol. The average molecular weight is 446 g/mol. The highest BCUT2D eigenvalue weighted by Crippen LogP contribution is 2.22. The summed E-state index contributed by atoms with van der Waals surface area (Å²) in [7, 11) is -1.18. The predicted molar refractivity (Wildman–Crippen MR) is 112 cm³/mol. The first kappa shape index (κ1) is 22.4. The summed E-state index contributed by atoms with van der Waals surface area (Å²) in [5.74, 6) is -1.90. The highest BCUT2D eigenvalue weighted by molar-refractivity contribution is 7.89. The van der Waals surface area contributed by atoms with Crippen LogP contribution >= 0.6 is 0 Å². The Morgan fingerprint density at radius 1 is 0.839 bits per heavy atom. The second kappa shape index (κ2) is 9.27. The van der Waals surface area contributed by atoms with Gasteiger partial charge < -0.3 is 14.8 Å². The summed E-state index contributed by atoms with van der Waals surface area (Å²) in [6.07, 6.45) is 1.66. The van der Waals surface area contributed by atoms with Crippen LogP contribution in [0, 0.1) is 0 Å². The number of amides is 1. The Kier molecular flexibility index (Phi) is 6.71. The molecular formula is C21H22N2O7S. The summed E-state index contributed by atoms with van der Waals surface area (Å²) in [4.78, 5) is 36.5. The first-order chi connectivity index (χ1) is 14.8. The molecule has 0 atom stereocenters. The molecule has 0 saturated carbocycles. The molecule has 1 heterocycles. The van der Waals surface area contributed by atoms with E-state index in [4.69, 9.17) is 0 Å². The fourth-order valence-electron chi connectivity index (χ4n) is 3.23. The molecule has 1 fully saturated rings. The van der Waals surface area contributed by atoms with Crippen LogP contribution in [0.5, 0.6) is 0 Å². The number of carbonyl (C=O) groups excluding carboxylic acids is 3. The molecule has 0 spiro atoms. The fraction of sp³-hybridized carbons (Fsp3) is 0.286. The van der Waals surface area contributed by atoms with E-state index in [2.05, 4.69) is 14.8 Å². The second-order valence-electron chi connectivity index (χ2n) is 6.87. The smallest absolute Gasteiger partial charge is 0.337 e. The van der Waals surface area contributed by atoms with Crippen LogP contribution in [-0.4, -0.2) is 57.9 Å². The summed E-state index contributed by atoms with van der Waals surface area (Å²) >= 11 is 0. The lowest BCUT2D eigenvalue weighted by Gasteiger charge is -2.15. The number of ether oxygens (including phenoxy) is 2. The standard InChI is InChI=1S/C21H22N2O7S/c1-29-20(25)15-11-16(21(26)30-2)13-17(12-15)22-19(24)14-5-7-18(8-6-14)31(27,28)23-9-3-4-10-23/h5-8,11-13H,3-4,9-10H2,1-2H3,(H,22,24). The third-order valence-electron chi connectivity index (χ3n) is 4.85. The predicted octanol–water partition coefficient (Wildman–Crippen LogP) is 2.30. The Morgan fingerprint density at radius 2 is 1.35 bits per heavy atom. The lowest BCUT2D eigenvalue weighted by atomic mass is 10.1. The van der Waals surface area contributed by atoms with Gasteiger partial charge in [0.2, 0.25) is 10.0 Å². The van der Waals surface area contributed by atoms with Crippen LogP contribution in [0.3, 0.4) is 0 Å². The molecule has 0 bridgehead atoms. The van der Waals surface area contributed by atoms with Gasteiger partial charge in [-0.1, -0.05) is 0 Å². The maximum atomic E-state index is 12.6. The van der Waals surface area contributed by atoms with Crippen molar-refractivity contribution in [1.29, 1.82) is 0 Å². The van der Waals surface area contributed by atoms with Gasteiger partial charge in [-0.2, -0.15) is 4.31 Å². The number of benzene rings is 2. The van der Waals surface area contributed by atoms with E-state index in [1.165, 1.54) is 61.0 Å². The molecule has 2 aromatic rings. The van der Waals surface area contributed by atoms with Crippen LogP contribution in [-0.2, 0) is 19.5 Å². The van der Waals surface area contributed by atoms with Crippen molar-refractivity contribution < 1.29 is 32.3 Å². The van der Waals surface area contributed by atoms with Crippen molar-refractivity contribution >= 4 is 33.6 Å². The molecule has 0 aromatic heterocycles. The van der Waals surface area contributed by atoms with Gasteiger partial charge in [0.05, 0.1) is 30.2 Å². The van der Waals surface area contributed by atoms with Gasteiger partial charge in [0, 0.05) is 24.3 Å². The molecule has 1 N–H and O–H groups in total. The first-order valence-electron chi connectivity index (χ1n) is 9.49. The van der Waals surface area contributed by atoms with E-state index in [0.717, 1.165) is 12.8 Å². The van der Waals surface area contributed by atoms with E-state index >= 15 is 0 Å². The number of rotatable bonds is 6. The van der Waals surface area contributed by atoms with Gasteiger partial charge in [-0.3, -0.25) is 4.79 Å². The van der Waals surface area contributed by atoms with Gasteiger partial charge in [-0.25, -0.2) is 18.0 Å². The number of hydrogen-bond acceptors (Lipinski definition) is 7. The normalized spacial score (nSPS) is 14.1. The van der Waals surface area contributed by atoms with Crippen molar-refractivity contribution in [3.63, 3.8) is 0 Å². The van der Waals surface area contributed by atoms with Crippen LogP contribution in [0.4, 0.5) is 5.69 Å². The maximum Gasteiger partial charge on any atom is 0.337 e. The van der Waals surface area contributed by atoms with E-state index in [0.29, 0.717) is 13.1 Å². The Hall–Kier alpha value is -3.24. The van der Waals surface area contributed by atoms with Gasteiger partial charge >= 0.3 is 11.9 Å². The largest absolute Gasteiger partial charge is 0.465 e. The first-order valence-corrected chi connectivity index (χ1v) is 10.9. The SMILES string of the molecule is COC(=O)c1cc(NC(=O)c2ccc(S(=O)(=O)N3CCCC3)cc2)cc(C(=O)OC)c1. The number of methoxy groups -OCH3 is 2. The van der Waals surface area contributed by atoms with Crippen LogP contribution < -0.4 is 5.32 Å². The van der Waals surface area contributed by atoms with Crippen LogP contribution in [0.2, 0.25) is 0 Å². The molecule has 1 amide bonds. The summed E-state index contributed by atoms with van der Waals surface area (Å²) in [5.41, 5.74) is 0.519. The molecule has 1 saturated heterocycles. The van der Waals surface area contributed by atoms with E-state index in [1.54, 1.807) is 0 Å². The monoisotopic (exact) mass is 446 g/mol. The van der Waals surface area contributed by atoms with Gasteiger partial charge in [0.15, 0.2) is 0 Å². The van der Waals surface area contributed by atoms with E-state index < -0.39 is 27.9 Å². The van der Waals surface area contributed by atoms with E-state index in [1.807, 2.05) is 0 Å². The number of carbonyl (C=O) groups is 3. The Bertz CT molecular complexity index is 1070. The highest BCUT2D eigenvalue weighted by atomic mass is 32.2. The molecule has 1 aliphatic rings. The van der Waals surface area contributed by atoms with Crippen molar-refractivity contribution in [2.75, 3.05) is 32.6 Å². The zero-order valence-corrected chi connectivity index (χ0v) is 17.9. The van der Waals surface area contributed by atoms with Crippen LogP contribution in [0.1, 0.15) is 43.9 Å². The van der Waals surface area contributed by atoms with Gasteiger partial charge in [-0.05, 0) is 55.3 Å². The summed E-state index contributed by atoms with van der Waals surface area (Å²) in [5, 5.41) is 2.60. The zero-order chi connectivity index (χ0) is 22.6. The zero-order valence-electron chi connectivity index (χ0n) is 17.1. The number of anilines is 1. The van der Waals surface area contributed by atoms with Gasteiger partial charge in [-0.15, -0.1) is 0 Å². The molecule has 0 unspecified atom stereocenters. The lowest BCUT2D eigenvalue weighted by Crippen LogP contribution is -2.27. The van der Waals surface area contributed by atoms with Gasteiger partial charge in [0.25, 0.3) is 5.91 Å². The van der Waals surface area contributed by atoms with Crippen molar-refractivity contribution in [2.24, 2.45) is 0 Å². The lowest BCUT2D eigenvalue weighted by molar-refractivity contribution is 0.0598. The minimum Gasteiger partial charge on any atom is -0.465 e. The highest BCUT2D eigenvalue weighted by Gasteiger charge is 2.27. The Morgan fingerprint density at radius 3 is 1.84 bits per heavy atom. The third-order valence-corrected chi connectivity index (χ3v) is 6.77. The summed E-state index contributed by atoms with van der Waals surface area (Å²) in [6, 6.07) is 9.60. The third kappa shape index (κ3) is 4.92. The van der Waals surface area contributed by atoms with Crippen molar-refractivity contribution in [3.8, 4) is 0 Å².